The summed E-state index contributed by atoms with van der Waals surface area (Å²) in [6.07, 6.45) is 3.06. The van der Waals surface area contributed by atoms with Gasteiger partial charge in [0.1, 0.15) is 0 Å². The van der Waals surface area contributed by atoms with Crippen LogP contribution in [0.3, 0.4) is 0 Å². The van der Waals surface area contributed by atoms with Crippen molar-refractivity contribution in [3.05, 3.63) is 22.4 Å². The van der Waals surface area contributed by atoms with Crippen LogP contribution in [0.5, 0.6) is 0 Å². The van der Waals surface area contributed by atoms with Crippen LogP contribution >= 0.6 is 11.3 Å². The lowest BCUT2D eigenvalue weighted by molar-refractivity contribution is 0.0476. The van der Waals surface area contributed by atoms with Gasteiger partial charge in [-0.15, -0.1) is 11.3 Å². The van der Waals surface area contributed by atoms with Gasteiger partial charge in [-0.1, -0.05) is 19.9 Å². The molecule has 2 heterocycles. The Kier molecular flexibility index (Phi) is 5.43. The molecule has 19 heavy (non-hydrogen) atoms. The second kappa shape index (κ2) is 6.87. The van der Waals surface area contributed by atoms with Crippen molar-refractivity contribution in [3.63, 3.8) is 0 Å². The Morgan fingerprint density at radius 3 is 2.63 bits per heavy atom. The number of ether oxygens (including phenoxy) is 1. The molecule has 108 valence electrons. The molecule has 0 aliphatic carbocycles. The zero-order valence-electron chi connectivity index (χ0n) is 12.6. The van der Waals surface area contributed by atoms with Gasteiger partial charge >= 0.3 is 0 Å². The highest BCUT2D eigenvalue weighted by atomic mass is 32.1. The van der Waals surface area contributed by atoms with Gasteiger partial charge in [0.15, 0.2) is 0 Å². The number of nitrogens with one attached hydrogen (secondary N) is 1. The van der Waals surface area contributed by atoms with E-state index in [1.54, 1.807) is 0 Å². The fraction of sp³-hybridized carbons (Fsp3) is 0.750. The Balaban J connectivity index is 2.07. The van der Waals surface area contributed by atoms with Gasteiger partial charge < -0.3 is 10.1 Å². The molecule has 0 aromatic carbocycles. The van der Waals surface area contributed by atoms with E-state index in [1.165, 1.54) is 11.3 Å². The molecule has 2 nitrogen and oxygen atoms in total. The lowest BCUT2D eigenvalue weighted by Gasteiger charge is -2.29. The van der Waals surface area contributed by atoms with E-state index in [9.17, 15) is 0 Å². The van der Waals surface area contributed by atoms with Crippen molar-refractivity contribution in [1.29, 1.82) is 0 Å². The molecule has 1 fully saturated rings. The van der Waals surface area contributed by atoms with Crippen LogP contribution in [-0.2, 0) is 11.2 Å². The van der Waals surface area contributed by atoms with Crippen LogP contribution < -0.4 is 5.32 Å². The highest BCUT2D eigenvalue weighted by Gasteiger charge is 2.41. The minimum Gasteiger partial charge on any atom is -0.375 e. The fourth-order valence-corrected chi connectivity index (χ4v) is 4.07. The van der Waals surface area contributed by atoms with E-state index in [0.717, 1.165) is 13.0 Å². The topological polar surface area (TPSA) is 21.3 Å². The third-order valence-corrected chi connectivity index (χ3v) is 5.34. The number of hydrogen-bond donors (Lipinski definition) is 1. The van der Waals surface area contributed by atoms with Crippen molar-refractivity contribution in [2.24, 2.45) is 11.8 Å². The van der Waals surface area contributed by atoms with Crippen LogP contribution in [-0.4, -0.2) is 24.8 Å². The van der Waals surface area contributed by atoms with Crippen LogP contribution in [0.25, 0.3) is 0 Å². The van der Waals surface area contributed by atoms with Gasteiger partial charge in [-0.2, -0.15) is 0 Å². The van der Waals surface area contributed by atoms with Crippen LogP contribution in [0, 0.1) is 11.8 Å². The molecule has 0 amide bonds. The molecule has 0 bridgehead atoms. The zero-order chi connectivity index (χ0) is 13.8. The summed E-state index contributed by atoms with van der Waals surface area (Å²) in [6.45, 7) is 10.1. The Morgan fingerprint density at radius 2 is 2.11 bits per heavy atom. The summed E-state index contributed by atoms with van der Waals surface area (Å²) in [7, 11) is 0. The molecular weight excluding hydrogens is 254 g/mol. The van der Waals surface area contributed by atoms with Crippen LogP contribution in [0.2, 0.25) is 0 Å². The van der Waals surface area contributed by atoms with Gasteiger partial charge in [0.25, 0.3) is 0 Å². The molecule has 5 unspecified atom stereocenters. The van der Waals surface area contributed by atoms with Gasteiger partial charge in [-0.05, 0) is 50.6 Å². The number of hydrogen-bond acceptors (Lipinski definition) is 3. The van der Waals surface area contributed by atoms with Gasteiger partial charge in [0.05, 0.1) is 12.2 Å². The molecule has 1 aromatic heterocycles. The van der Waals surface area contributed by atoms with Crippen molar-refractivity contribution in [2.45, 2.75) is 58.8 Å². The van der Waals surface area contributed by atoms with Crippen LogP contribution in [0.1, 0.15) is 39.0 Å². The first-order valence-corrected chi connectivity index (χ1v) is 8.42. The molecule has 3 heteroatoms. The van der Waals surface area contributed by atoms with Crippen LogP contribution in [0.4, 0.5) is 0 Å². The van der Waals surface area contributed by atoms with E-state index in [4.69, 9.17) is 4.74 Å². The monoisotopic (exact) mass is 281 g/mol. The van der Waals surface area contributed by atoms with E-state index in [0.29, 0.717) is 30.1 Å². The summed E-state index contributed by atoms with van der Waals surface area (Å²) in [5.41, 5.74) is 0. The minimum atomic E-state index is 0.360. The summed E-state index contributed by atoms with van der Waals surface area (Å²) in [6, 6.07) is 4.94. The first kappa shape index (κ1) is 15.0. The molecule has 5 atom stereocenters. The fourth-order valence-electron chi connectivity index (χ4n) is 3.31. The Bertz CT molecular complexity index is 365. The first-order valence-electron chi connectivity index (χ1n) is 7.54. The summed E-state index contributed by atoms with van der Waals surface area (Å²) >= 11 is 1.87. The second-order valence-corrected chi connectivity index (χ2v) is 6.86. The van der Waals surface area contributed by atoms with E-state index in [1.807, 2.05) is 11.3 Å². The quantitative estimate of drug-likeness (QED) is 0.858. The highest BCUT2D eigenvalue weighted by molar-refractivity contribution is 7.09. The summed E-state index contributed by atoms with van der Waals surface area (Å²) in [5.74, 6) is 1.24. The molecule has 1 aliphatic heterocycles. The number of thiophene rings is 1. The molecule has 1 saturated heterocycles. The van der Waals surface area contributed by atoms with E-state index < -0.39 is 0 Å². The maximum Gasteiger partial charge on any atom is 0.0597 e. The van der Waals surface area contributed by atoms with Crippen molar-refractivity contribution in [3.8, 4) is 0 Å². The highest BCUT2D eigenvalue weighted by Crippen LogP contribution is 2.35. The van der Waals surface area contributed by atoms with Gasteiger partial charge in [0, 0.05) is 16.8 Å². The van der Waals surface area contributed by atoms with Crippen molar-refractivity contribution < 1.29 is 4.74 Å². The predicted molar refractivity (Wildman–Crippen MR) is 82.8 cm³/mol. The number of rotatable bonds is 6. The SMILES string of the molecule is CCCNC(Cc1cccs1)C1C(C)OC(C)C1C. The zero-order valence-corrected chi connectivity index (χ0v) is 13.4. The molecular formula is C16H27NOS. The summed E-state index contributed by atoms with van der Waals surface area (Å²) < 4.78 is 6.03. The second-order valence-electron chi connectivity index (χ2n) is 5.83. The molecule has 2 rings (SSSR count). The van der Waals surface area contributed by atoms with Crippen molar-refractivity contribution in [1.82, 2.24) is 5.32 Å². The van der Waals surface area contributed by atoms with Crippen LogP contribution in [0.15, 0.2) is 17.5 Å². The van der Waals surface area contributed by atoms with Crippen molar-refractivity contribution in [2.75, 3.05) is 6.54 Å². The molecule has 1 aromatic rings. The van der Waals surface area contributed by atoms with Gasteiger partial charge in [0.2, 0.25) is 0 Å². The minimum absolute atomic E-state index is 0.360. The standard InChI is InChI=1S/C16H27NOS/c1-5-8-17-15(10-14-7-6-9-19-14)16-11(2)12(3)18-13(16)4/h6-7,9,11-13,15-17H,5,8,10H2,1-4H3. The normalized spacial score (nSPS) is 32.6. The Morgan fingerprint density at radius 1 is 1.32 bits per heavy atom. The summed E-state index contributed by atoms with van der Waals surface area (Å²) in [5, 5.41) is 5.93. The lowest BCUT2D eigenvalue weighted by Crippen LogP contribution is -2.43. The van der Waals surface area contributed by atoms with E-state index in [2.05, 4.69) is 50.5 Å². The average molecular weight is 281 g/mol. The molecule has 0 radical (unpaired) electrons. The Labute approximate surface area is 121 Å². The van der Waals surface area contributed by atoms with E-state index >= 15 is 0 Å². The van der Waals surface area contributed by atoms with Crippen molar-refractivity contribution >= 4 is 11.3 Å². The largest absolute Gasteiger partial charge is 0.375 e. The first-order chi connectivity index (χ1) is 9.13. The van der Waals surface area contributed by atoms with E-state index in [-0.39, 0.29) is 0 Å². The van der Waals surface area contributed by atoms with Gasteiger partial charge in [-0.3, -0.25) is 0 Å². The average Bonchev–Trinajstić information content (AvgIpc) is 2.95. The smallest absolute Gasteiger partial charge is 0.0597 e. The molecule has 0 saturated carbocycles. The molecule has 1 N–H and O–H groups in total. The predicted octanol–water partition coefficient (Wildman–Crippen LogP) is 3.72. The maximum atomic E-state index is 6.03. The third-order valence-electron chi connectivity index (χ3n) is 4.44. The molecule has 1 aliphatic rings. The van der Waals surface area contributed by atoms with Gasteiger partial charge in [-0.25, -0.2) is 0 Å². The maximum absolute atomic E-state index is 6.03. The summed E-state index contributed by atoms with van der Waals surface area (Å²) in [4.78, 5) is 1.48. The molecule has 0 spiro atoms. The third kappa shape index (κ3) is 3.59. The lowest BCUT2D eigenvalue weighted by atomic mass is 9.82. The Hall–Kier alpha value is -0.380.